The van der Waals surface area contributed by atoms with Crippen LogP contribution in [0, 0.1) is 6.92 Å². The van der Waals surface area contributed by atoms with Gasteiger partial charge >= 0.3 is 6.03 Å². The Kier molecular flexibility index (Phi) is 3.63. The van der Waals surface area contributed by atoms with Crippen molar-refractivity contribution < 1.29 is 14.4 Å². The molecule has 0 spiro atoms. The zero-order valence-corrected chi connectivity index (χ0v) is 12.9. The summed E-state index contributed by atoms with van der Waals surface area (Å²) in [5.74, 6) is 0.0173. The monoisotopic (exact) mass is 319 g/mol. The summed E-state index contributed by atoms with van der Waals surface area (Å²) in [6, 6.07) is -1.21. The van der Waals surface area contributed by atoms with Crippen molar-refractivity contribution in [3.63, 3.8) is 0 Å². The first-order valence-electron chi connectivity index (χ1n) is 7.31. The van der Waals surface area contributed by atoms with Gasteiger partial charge in [-0.3, -0.25) is 24.3 Å². The van der Waals surface area contributed by atoms with Crippen LogP contribution in [0.15, 0.2) is 4.79 Å². The number of hydrogen-bond acceptors (Lipinski definition) is 5. The van der Waals surface area contributed by atoms with E-state index < -0.39 is 18.0 Å². The minimum atomic E-state index is -0.676. The molecule has 23 heavy (non-hydrogen) atoms. The van der Waals surface area contributed by atoms with E-state index in [9.17, 15) is 19.2 Å². The molecule has 0 aromatic carbocycles. The number of fused-ring (bicyclic) bond motifs is 1. The average Bonchev–Trinajstić information content (AvgIpc) is 3.05. The number of nitrogens with zero attached hydrogens (tertiary/aromatic N) is 3. The van der Waals surface area contributed by atoms with Crippen LogP contribution in [0.4, 0.5) is 4.79 Å². The van der Waals surface area contributed by atoms with Crippen molar-refractivity contribution in [2.24, 2.45) is 7.05 Å². The highest BCUT2D eigenvalue weighted by atomic mass is 16.2. The highest BCUT2D eigenvalue weighted by Crippen LogP contribution is 2.19. The van der Waals surface area contributed by atoms with Gasteiger partial charge in [-0.25, -0.2) is 9.78 Å². The summed E-state index contributed by atoms with van der Waals surface area (Å²) < 4.78 is 1.46. The highest BCUT2D eigenvalue weighted by Gasteiger charge is 2.32. The third kappa shape index (κ3) is 2.69. The molecule has 0 radical (unpaired) electrons. The molecule has 2 aliphatic heterocycles. The fourth-order valence-corrected chi connectivity index (χ4v) is 2.79. The van der Waals surface area contributed by atoms with E-state index in [1.165, 1.54) is 4.57 Å². The van der Waals surface area contributed by atoms with Crippen molar-refractivity contribution in [3.05, 3.63) is 27.4 Å². The number of rotatable bonds is 3. The fraction of sp³-hybridized carbons (Fsp3) is 0.500. The first-order valence-corrected chi connectivity index (χ1v) is 7.31. The Bertz CT molecular complexity index is 769. The molecule has 3 rings (SSSR count). The second-order valence-electron chi connectivity index (χ2n) is 5.75. The number of imide groups is 1. The number of carbonyl (C=O) groups is 3. The maximum Gasteiger partial charge on any atom is 0.322 e. The quantitative estimate of drug-likeness (QED) is 0.688. The number of amides is 4. The van der Waals surface area contributed by atoms with Gasteiger partial charge < -0.3 is 10.2 Å². The standard InChI is InChI=1S/C14H17N5O4/c1-7-15-10-6-19(5-8(10)13(22)18(7)2)11(20)4-3-9-12(21)17-14(23)16-9/h9H,3-6H2,1-2H3,(H2,16,17,21,23)/t9-/m1/s1. The predicted octanol–water partition coefficient (Wildman–Crippen LogP) is -1.08. The van der Waals surface area contributed by atoms with Crippen molar-refractivity contribution in [1.29, 1.82) is 0 Å². The van der Waals surface area contributed by atoms with Gasteiger partial charge in [-0.05, 0) is 13.3 Å². The Hall–Kier alpha value is -2.71. The van der Waals surface area contributed by atoms with Crippen molar-refractivity contribution in [3.8, 4) is 0 Å². The summed E-state index contributed by atoms with van der Waals surface area (Å²) in [5, 5.41) is 4.58. The maximum absolute atomic E-state index is 12.3. The molecule has 0 unspecified atom stereocenters. The van der Waals surface area contributed by atoms with Crippen LogP contribution in [0.1, 0.15) is 29.9 Å². The summed E-state index contributed by atoms with van der Waals surface area (Å²) in [6.07, 6.45) is 0.347. The molecule has 1 aromatic rings. The first kappa shape index (κ1) is 15.2. The van der Waals surface area contributed by atoms with Crippen LogP contribution in [-0.2, 0) is 29.7 Å². The summed E-state index contributed by atoms with van der Waals surface area (Å²) in [6.45, 7) is 2.28. The SMILES string of the molecule is Cc1nc2c(c(=O)n1C)CN(C(=O)CC[C@H]1NC(=O)NC1=O)C2. The van der Waals surface area contributed by atoms with Gasteiger partial charge in [-0.15, -0.1) is 0 Å². The van der Waals surface area contributed by atoms with Gasteiger partial charge in [-0.1, -0.05) is 0 Å². The normalized spacial score (nSPS) is 19.6. The molecule has 4 amide bonds. The van der Waals surface area contributed by atoms with Crippen LogP contribution < -0.4 is 16.2 Å². The van der Waals surface area contributed by atoms with E-state index >= 15 is 0 Å². The number of nitrogens with one attached hydrogen (secondary N) is 2. The molecule has 1 aromatic heterocycles. The predicted molar refractivity (Wildman–Crippen MR) is 78.2 cm³/mol. The number of urea groups is 1. The molecule has 1 atom stereocenters. The van der Waals surface area contributed by atoms with E-state index in [4.69, 9.17) is 0 Å². The van der Waals surface area contributed by atoms with E-state index in [-0.39, 0.29) is 30.9 Å². The second kappa shape index (κ2) is 5.49. The Morgan fingerprint density at radius 1 is 1.30 bits per heavy atom. The van der Waals surface area contributed by atoms with Crippen LogP contribution in [0.25, 0.3) is 0 Å². The molecule has 2 aliphatic rings. The summed E-state index contributed by atoms with van der Waals surface area (Å²) in [7, 11) is 1.65. The number of hydrogen-bond donors (Lipinski definition) is 2. The molecule has 9 nitrogen and oxygen atoms in total. The Balaban J connectivity index is 1.64. The maximum atomic E-state index is 12.3. The third-order valence-corrected chi connectivity index (χ3v) is 4.24. The van der Waals surface area contributed by atoms with Gasteiger partial charge in [0, 0.05) is 13.5 Å². The lowest BCUT2D eigenvalue weighted by Gasteiger charge is -2.15. The molecule has 0 bridgehead atoms. The number of carbonyl (C=O) groups excluding carboxylic acids is 3. The van der Waals surface area contributed by atoms with E-state index in [0.717, 1.165) is 0 Å². The zero-order chi connectivity index (χ0) is 16.7. The van der Waals surface area contributed by atoms with E-state index in [2.05, 4.69) is 15.6 Å². The van der Waals surface area contributed by atoms with Crippen molar-refractivity contribution in [1.82, 2.24) is 25.1 Å². The van der Waals surface area contributed by atoms with Gasteiger partial charge in [0.2, 0.25) is 5.91 Å². The summed E-state index contributed by atoms with van der Waals surface area (Å²) in [4.78, 5) is 52.8. The van der Waals surface area contributed by atoms with Gasteiger partial charge in [0.05, 0.1) is 24.3 Å². The highest BCUT2D eigenvalue weighted by molar-refractivity contribution is 6.04. The van der Waals surface area contributed by atoms with Crippen molar-refractivity contribution >= 4 is 17.8 Å². The minimum absolute atomic E-state index is 0.117. The molecule has 9 heteroatoms. The molecule has 0 saturated carbocycles. The molecule has 1 saturated heterocycles. The lowest BCUT2D eigenvalue weighted by molar-refractivity contribution is -0.132. The fourth-order valence-electron chi connectivity index (χ4n) is 2.79. The molecule has 0 aliphatic carbocycles. The Morgan fingerprint density at radius 3 is 2.70 bits per heavy atom. The molecule has 3 heterocycles. The largest absolute Gasteiger partial charge is 0.332 e. The summed E-state index contributed by atoms with van der Waals surface area (Å²) in [5.41, 5.74) is 1.04. The van der Waals surface area contributed by atoms with E-state index in [1.807, 2.05) is 0 Å². The van der Waals surface area contributed by atoms with E-state index in [0.29, 0.717) is 23.6 Å². The van der Waals surface area contributed by atoms with Crippen molar-refractivity contribution in [2.75, 3.05) is 0 Å². The molecule has 1 fully saturated rings. The van der Waals surface area contributed by atoms with Gasteiger partial charge in [-0.2, -0.15) is 0 Å². The first-order chi connectivity index (χ1) is 10.9. The summed E-state index contributed by atoms with van der Waals surface area (Å²) >= 11 is 0. The lowest BCUT2D eigenvalue weighted by atomic mass is 10.1. The van der Waals surface area contributed by atoms with Crippen LogP contribution in [0.2, 0.25) is 0 Å². The topological polar surface area (TPSA) is 113 Å². The molecular weight excluding hydrogens is 302 g/mol. The Morgan fingerprint density at radius 2 is 2.04 bits per heavy atom. The molecular formula is C14H17N5O4. The van der Waals surface area contributed by atoms with Crippen LogP contribution >= 0.6 is 0 Å². The van der Waals surface area contributed by atoms with Gasteiger partial charge in [0.1, 0.15) is 11.9 Å². The molecule has 122 valence electrons. The second-order valence-corrected chi connectivity index (χ2v) is 5.75. The third-order valence-electron chi connectivity index (χ3n) is 4.24. The van der Waals surface area contributed by atoms with Gasteiger partial charge in [0.25, 0.3) is 11.5 Å². The van der Waals surface area contributed by atoms with Crippen molar-refractivity contribution in [2.45, 2.75) is 38.9 Å². The smallest absolute Gasteiger partial charge is 0.322 e. The minimum Gasteiger partial charge on any atom is -0.332 e. The number of aromatic nitrogens is 2. The van der Waals surface area contributed by atoms with Crippen LogP contribution in [-0.4, -0.2) is 38.3 Å². The van der Waals surface area contributed by atoms with Gasteiger partial charge in [0.15, 0.2) is 0 Å². The molecule has 2 N–H and O–H groups in total. The van der Waals surface area contributed by atoms with Crippen LogP contribution in [0.5, 0.6) is 0 Å². The lowest BCUT2D eigenvalue weighted by Crippen LogP contribution is -2.32. The average molecular weight is 319 g/mol. The van der Waals surface area contributed by atoms with Crippen LogP contribution in [0.3, 0.4) is 0 Å². The number of aryl methyl sites for hydroxylation is 1. The zero-order valence-electron chi connectivity index (χ0n) is 12.9. The van der Waals surface area contributed by atoms with E-state index in [1.54, 1.807) is 18.9 Å². The Labute approximate surface area is 131 Å².